The zero-order valence-corrected chi connectivity index (χ0v) is 7.26. The van der Waals surface area contributed by atoms with E-state index in [1.807, 2.05) is 19.1 Å². The van der Waals surface area contributed by atoms with Gasteiger partial charge in [0.15, 0.2) is 0 Å². The van der Waals surface area contributed by atoms with Gasteiger partial charge in [0, 0.05) is 0 Å². The summed E-state index contributed by atoms with van der Waals surface area (Å²) in [4.78, 5) is 21.7. The molecule has 0 N–H and O–H groups in total. The van der Waals surface area contributed by atoms with Gasteiger partial charge in [0.2, 0.25) is 0 Å². The largest absolute Gasteiger partial charge is 0.299 e. The van der Waals surface area contributed by atoms with E-state index in [9.17, 15) is 9.59 Å². The van der Waals surface area contributed by atoms with Crippen molar-refractivity contribution in [3.8, 4) is 0 Å². The molecule has 0 aromatic heterocycles. The number of Topliss-reactive ketones (excluding diaryl/α,β-unsaturated/α-hetero) is 2. The molecule has 2 heteroatoms. The number of ketones is 2. The molecule has 0 heterocycles. The van der Waals surface area contributed by atoms with Gasteiger partial charge >= 0.3 is 0 Å². The fourth-order valence-corrected chi connectivity index (χ4v) is 0.890. The summed E-state index contributed by atoms with van der Waals surface area (Å²) in [6, 6.07) is 0. The van der Waals surface area contributed by atoms with Crippen LogP contribution in [0.1, 0.15) is 27.2 Å². The summed E-state index contributed by atoms with van der Waals surface area (Å²) in [6.45, 7) is 4.78. The minimum Gasteiger partial charge on any atom is -0.299 e. The second kappa shape index (κ2) is 4.83. The van der Waals surface area contributed by atoms with E-state index in [-0.39, 0.29) is 11.6 Å². The van der Waals surface area contributed by atoms with E-state index in [0.717, 1.165) is 0 Å². The topological polar surface area (TPSA) is 34.1 Å². The highest BCUT2D eigenvalue weighted by molar-refractivity contribution is 6.00. The van der Waals surface area contributed by atoms with Crippen LogP contribution < -0.4 is 0 Å². The van der Waals surface area contributed by atoms with Gasteiger partial charge in [0.05, 0.1) is 5.92 Å². The second-order valence-electron chi connectivity index (χ2n) is 2.58. The Kier molecular flexibility index (Phi) is 4.42. The van der Waals surface area contributed by atoms with Crippen LogP contribution in [0.2, 0.25) is 0 Å². The third kappa shape index (κ3) is 3.71. The molecular weight excluding hydrogens is 140 g/mol. The molecule has 0 atom stereocenters. The molecule has 0 amide bonds. The lowest BCUT2D eigenvalue weighted by atomic mass is 9.97. The number of rotatable bonds is 4. The normalized spacial score (nSPS) is 10.9. The molecule has 0 spiro atoms. The summed E-state index contributed by atoms with van der Waals surface area (Å²) in [5.74, 6) is -0.516. The van der Waals surface area contributed by atoms with Crippen LogP contribution in [0.3, 0.4) is 0 Å². The molecule has 0 radical (unpaired) electrons. The van der Waals surface area contributed by atoms with Crippen LogP contribution in [-0.4, -0.2) is 11.6 Å². The van der Waals surface area contributed by atoms with E-state index >= 15 is 0 Å². The van der Waals surface area contributed by atoms with Crippen molar-refractivity contribution in [1.29, 1.82) is 0 Å². The summed E-state index contributed by atoms with van der Waals surface area (Å²) in [5, 5.41) is 0. The van der Waals surface area contributed by atoms with E-state index < -0.39 is 5.92 Å². The van der Waals surface area contributed by atoms with Crippen molar-refractivity contribution in [3.05, 3.63) is 12.2 Å². The molecule has 0 aliphatic heterocycles. The lowest BCUT2D eigenvalue weighted by molar-refractivity contribution is -0.130. The third-order valence-electron chi connectivity index (χ3n) is 1.59. The van der Waals surface area contributed by atoms with Crippen LogP contribution in [0.15, 0.2) is 12.2 Å². The van der Waals surface area contributed by atoms with Crippen molar-refractivity contribution in [1.82, 2.24) is 0 Å². The first-order valence-corrected chi connectivity index (χ1v) is 3.71. The molecule has 0 bridgehead atoms. The highest BCUT2D eigenvalue weighted by Crippen LogP contribution is 2.06. The molecular formula is C9H14O2. The summed E-state index contributed by atoms with van der Waals surface area (Å²) in [5.41, 5.74) is 0. The number of hydrogen-bond donors (Lipinski definition) is 0. The molecule has 2 nitrogen and oxygen atoms in total. The molecule has 0 aromatic carbocycles. The molecule has 0 aliphatic rings. The van der Waals surface area contributed by atoms with E-state index in [4.69, 9.17) is 0 Å². The number of hydrogen-bond acceptors (Lipinski definition) is 2. The molecule has 0 saturated heterocycles. The number of carbonyl (C=O) groups is 2. The summed E-state index contributed by atoms with van der Waals surface area (Å²) in [6.07, 6.45) is 4.23. The first-order valence-electron chi connectivity index (χ1n) is 3.71. The van der Waals surface area contributed by atoms with Crippen molar-refractivity contribution >= 4 is 11.6 Å². The molecule has 0 rings (SSSR count). The van der Waals surface area contributed by atoms with Crippen molar-refractivity contribution in [2.24, 2.45) is 5.92 Å². The van der Waals surface area contributed by atoms with Gasteiger partial charge in [-0.25, -0.2) is 0 Å². The van der Waals surface area contributed by atoms with Crippen LogP contribution in [0.4, 0.5) is 0 Å². The third-order valence-corrected chi connectivity index (χ3v) is 1.59. The van der Waals surface area contributed by atoms with Gasteiger partial charge in [0.1, 0.15) is 11.6 Å². The first kappa shape index (κ1) is 10.1. The Hall–Kier alpha value is -0.920. The standard InChI is InChI=1S/C9H14O2/c1-4-5-6-9(7(2)10)8(3)11/h4-5,9H,6H2,1-3H3. The predicted molar refractivity (Wildman–Crippen MR) is 44.3 cm³/mol. The summed E-state index contributed by atoms with van der Waals surface area (Å²) >= 11 is 0. The average molecular weight is 154 g/mol. The Morgan fingerprint density at radius 3 is 2.00 bits per heavy atom. The minimum atomic E-state index is -0.425. The molecule has 0 aromatic rings. The molecule has 62 valence electrons. The zero-order valence-electron chi connectivity index (χ0n) is 7.26. The first-order chi connectivity index (χ1) is 5.09. The summed E-state index contributed by atoms with van der Waals surface area (Å²) in [7, 11) is 0. The van der Waals surface area contributed by atoms with E-state index in [2.05, 4.69) is 0 Å². The quantitative estimate of drug-likeness (QED) is 0.456. The van der Waals surface area contributed by atoms with Crippen molar-refractivity contribution in [2.45, 2.75) is 27.2 Å². The predicted octanol–water partition coefficient (Wildman–Crippen LogP) is 1.75. The number of carbonyl (C=O) groups excluding carboxylic acids is 2. The summed E-state index contributed by atoms with van der Waals surface area (Å²) < 4.78 is 0. The van der Waals surface area contributed by atoms with Gasteiger partial charge in [-0.1, -0.05) is 12.2 Å². The zero-order chi connectivity index (χ0) is 8.85. The molecule has 11 heavy (non-hydrogen) atoms. The molecule has 0 saturated carbocycles. The SMILES string of the molecule is CC=CCC(C(C)=O)C(C)=O. The van der Waals surface area contributed by atoms with Crippen LogP contribution >= 0.6 is 0 Å². The van der Waals surface area contributed by atoms with Gasteiger partial charge in [-0.2, -0.15) is 0 Å². The minimum absolute atomic E-state index is 0.0457. The van der Waals surface area contributed by atoms with Gasteiger partial charge in [-0.05, 0) is 27.2 Å². The van der Waals surface area contributed by atoms with Gasteiger partial charge in [-0.15, -0.1) is 0 Å². The van der Waals surface area contributed by atoms with Crippen LogP contribution in [0.25, 0.3) is 0 Å². The lowest BCUT2D eigenvalue weighted by Gasteiger charge is -2.05. The highest BCUT2D eigenvalue weighted by Gasteiger charge is 2.16. The maximum absolute atomic E-state index is 10.8. The molecule has 0 aliphatic carbocycles. The Balaban J connectivity index is 4.12. The fraction of sp³-hybridized carbons (Fsp3) is 0.556. The Labute approximate surface area is 67.3 Å². The van der Waals surface area contributed by atoms with Crippen LogP contribution in [-0.2, 0) is 9.59 Å². The Morgan fingerprint density at radius 1 is 1.27 bits per heavy atom. The lowest BCUT2D eigenvalue weighted by Crippen LogP contribution is -2.18. The smallest absolute Gasteiger partial charge is 0.140 e. The van der Waals surface area contributed by atoms with Crippen LogP contribution in [0.5, 0.6) is 0 Å². The van der Waals surface area contributed by atoms with Crippen molar-refractivity contribution < 1.29 is 9.59 Å². The van der Waals surface area contributed by atoms with E-state index in [1.54, 1.807) is 0 Å². The van der Waals surface area contributed by atoms with Crippen LogP contribution in [0, 0.1) is 5.92 Å². The Bertz CT molecular complexity index is 166. The molecule has 0 fully saturated rings. The maximum Gasteiger partial charge on any atom is 0.140 e. The van der Waals surface area contributed by atoms with Gasteiger partial charge < -0.3 is 0 Å². The van der Waals surface area contributed by atoms with Gasteiger partial charge in [0.25, 0.3) is 0 Å². The average Bonchev–Trinajstić information content (AvgIpc) is 1.87. The fourth-order valence-electron chi connectivity index (χ4n) is 0.890. The maximum atomic E-state index is 10.8. The molecule has 0 unspecified atom stereocenters. The van der Waals surface area contributed by atoms with Crippen molar-refractivity contribution in [3.63, 3.8) is 0 Å². The van der Waals surface area contributed by atoms with E-state index in [0.29, 0.717) is 6.42 Å². The van der Waals surface area contributed by atoms with Crippen molar-refractivity contribution in [2.75, 3.05) is 0 Å². The van der Waals surface area contributed by atoms with E-state index in [1.165, 1.54) is 13.8 Å². The Morgan fingerprint density at radius 2 is 1.73 bits per heavy atom. The monoisotopic (exact) mass is 154 g/mol. The van der Waals surface area contributed by atoms with Gasteiger partial charge in [-0.3, -0.25) is 9.59 Å². The highest BCUT2D eigenvalue weighted by atomic mass is 16.1. The second-order valence-corrected chi connectivity index (χ2v) is 2.58. The number of allylic oxidation sites excluding steroid dienone is 2.